The standard InChI is InChI=1S/C70H119N7O42/c71-99-22-8-1-15-92-57-43(85)50-36(29-78)106-64(57)113-51-37(30-79)107-66(58(44(51)86)93-16-2-9-23-100-72)115-53-39(32-81)109-68(60(46(53)88)95-18-4-11-25-102-74)117-55-41(34-83)111-70(62(48(55)90)97-20-6-13-27-104-76)119-56-42(35-84)112-69(63(49(56)91)98-21-7-14-28-105-77)118-54-40(33-82)110-67(61(47(54)89)96-19-5-12-26-103-75)116-52-38(31-80)108-65(114-50)59(45(52)87)94-17-3-10-24-101-73/h1-14,36-70,78-91H,15-35,71-77H2/b8-1+,9-2+,10-3+,11-4+,12-5+,13-6+,14-7+/t36-,37-,38-,39-,40+,41+,42+,43-,44+,45+,46+,47+,48+,49+,50-,51-,52-,53-,54-,55-,56-,57+,58+,59-,60-,61-,62-,63-,64-,65-,66-,67-,68-,69-,70-/m1/s1. The average Bonchev–Trinajstić information content (AvgIpc) is 0.808. The van der Waals surface area contributed by atoms with Gasteiger partial charge in [0.25, 0.3) is 0 Å². The number of nitrogens with two attached hydrogens (primary N) is 7. The van der Waals surface area contributed by atoms with Crippen molar-refractivity contribution >= 4 is 0 Å². The Hall–Kier alpha value is -3.78. The van der Waals surface area contributed by atoms with Crippen LogP contribution >= 0.6 is 0 Å². The summed E-state index contributed by atoms with van der Waals surface area (Å²) in [6.07, 6.45) is -44.9. The second kappa shape index (κ2) is 54.3. The van der Waals surface area contributed by atoms with E-state index in [4.69, 9.17) is 141 Å². The highest BCUT2D eigenvalue weighted by atomic mass is 16.8. The van der Waals surface area contributed by atoms with Crippen molar-refractivity contribution in [3.63, 3.8) is 0 Å². The Balaban J connectivity index is 1.28. The minimum absolute atomic E-state index is 0.128. The quantitative estimate of drug-likeness (QED) is 0.0199. The lowest BCUT2D eigenvalue weighted by Gasteiger charge is -2.51. The summed E-state index contributed by atoms with van der Waals surface area (Å²) in [4.78, 5) is 32.7. The molecular formula is C70H119N7O42. The fourth-order valence-electron chi connectivity index (χ4n) is 14.1. The molecule has 0 aliphatic carbocycles. The molecule has 15 aliphatic rings. The summed E-state index contributed by atoms with van der Waals surface area (Å²) in [7, 11) is 0. The number of rotatable bonds is 42. The van der Waals surface area contributed by atoms with Gasteiger partial charge in [0.2, 0.25) is 0 Å². The minimum atomic E-state index is -2.03. The van der Waals surface area contributed by atoms with Gasteiger partial charge < -0.3 is 205 Å². The molecule has 15 fully saturated rings. The molecule has 0 aromatic heterocycles. The van der Waals surface area contributed by atoms with Crippen LogP contribution in [0, 0.1) is 0 Å². The second-order valence-electron chi connectivity index (χ2n) is 27.4. The average molecular weight is 1730 g/mol. The minimum Gasteiger partial charge on any atom is -0.394 e. The van der Waals surface area contributed by atoms with Gasteiger partial charge in [-0.05, 0) is 0 Å². The lowest BCUT2D eigenvalue weighted by Crippen LogP contribution is -2.69. The number of fused-ring (bicyclic) bond motifs is 7. The fraction of sp³-hybridized carbons (Fsp3) is 0.800. The van der Waals surface area contributed by atoms with Gasteiger partial charge in [0.1, 0.15) is 171 Å². The van der Waals surface area contributed by atoms with E-state index in [9.17, 15) is 71.5 Å². The Morgan fingerprint density at radius 1 is 0.176 bits per heavy atom. The summed E-state index contributed by atoms with van der Waals surface area (Å²) in [6.45, 7) is -10.8. The normalized spacial score (nSPS) is 40.5. The smallest absolute Gasteiger partial charge is 0.187 e. The second-order valence-corrected chi connectivity index (χ2v) is 27.4. The summed E-state index contributed by atoms with van der Waals surface area (Å²) in [5, 5.41) is 168. The number of hydrogen-bond acceptors (Lipinski definition) is 49. The van der Waals surface area contributed by atoms with Crippen LogP contribution in [0.3, 0.4) is 0 Å². The van der Waals surface area contributed by atoms with Gasteiger partial charge in [-0.3, -0.25) is 0 Å². The van der Waals surface area contributed by atoms with E-state index >= 15 is 0 Å². The van der Waals surface area contributed by atoms with E-state index in [0.717, 1.165) is 0 Å². The predicted octanol–water partition coefficient (Wildman–Crippen LogP) is -11.9. The van der Waals surface area contributed by atoms with Gasteiger partial charge in [0.15, 0.2) is 44.0 Å². The van der Waals surface area contributed by atoms with E-state index in [1.165, 1.54) is 85.1 Å². The molecule has 35 atom stereocenters. The molecule has 686 valence electrons. The molecule has 119 heavy (non-hydrogen) atoms. The SMILES string of the molecule is NOC/C=C/CO[C@@H]1[C@H]2O[C@H]3[C@H](O)[C@@H](OC/C=C/CON)[C@@H](O[C@H]4[C@H](O)[C@@H](OC/C=C/CON)[C@@H](O[C@H]5[C@H](O)[C@@H](OC/C=C/CON)[C@@H](O[C@H]6[C@H](O)[C@@H](OC/C=C/CON)[C@@H](O[C@H]7[C@H](O)[C@@H](OC/C=C/CON)[C@@H](O[C@H]8[C@@H](O)[C@H](OC/C=C/CON)[C@@H](O[C@@H]([C@@H]1O)[C@@H](CO)O2)O[C@@H]8CO)O[C@@H]7CO)O[C@H]6CO)O[C@H]5CO)O[C@H]4CO)O[C@@H]3CO. The molecule has 15 heterocycles. The molecule has 14 bridgehead atoms. The van der Waals surface area contributed by atoms with Gasteiger partial charge in [-0.15, -0.1) is 0 Å². The summed E-state index contributed by atoms with van der Waals surface area (Å²) in [5.74, 6) is 37.0. The number of ether oxygens (including phenoxy) is 21. The molecule has 0 radical (unpaired) electrons. The third-order valence-corrected chi connectivity index (χ3v) is 19.8. The van der Waals surface area contributed by atoms with E-state index in [0.29, 0.717) is 0 Å². The van der Waals surface area contributed by atoms with Crippen LogP contribution in [0.25, 0.3) is 0 Å². The van der Waals surface area contributed by atoms with Crippen molar-refractivity contribution in [3.8, 4) is 0 Å². The molecule has 0 aromatic carbocycles. The van der Waals surface area contributed by atoms with E-state index in [-0.39, 0.29) is 46.2 Å². The third-order valence-electron chi connectivity index (χ3n) is 19.8. The van der Waals surface area contributed by atoms with Crippen molar-refractivity contribution in [1.82, 2.24) is 0 Å². The van der Waals surface area contributed by atoms with Crippen molar-refractivity contribution in [2.24, 2.45) is 41.3 Å². The third kappa shape index (κ3) is 27.9. The molecular weight excluding hydrogens is 1610 g/mol. The Morgan fingerprint density at radius 3 is 0.387 bits per heavy atom. The van der Waals surface area contributed by atoms with Crippen LogP contribution in [0.4, 0.5) is 0 Å². The molecule has 0 amide bonds. The lowest BCUT2D eigenvalue weighted by molar-refractivity contribution is -0.401. The molecule has 28 N–H and O–H groups in total. The lowest BCUT2D eigenvalue weighted by atomic mass is 9.95. The van der Waals surface area contributed by atoms with Gasteiger partial charge >= 0.3 is 0 Å². The molecule has 49 heteroatoms. The van der Waals surface area contributed by atoms with E-state index < -0.39 is 307 Å². The summed E-state index contributed by atoms with van der Waals surface area (Å²) < 4.78 is 134. The Kier molecular flexibility index (Phi) is 45.9. The molecule has 0 spiro atoms. The van der Waals surface area contributed by atoms with Crippen molar-refractivity contribution in [2.45, 2.75) is 215 Å². The Bertz CT molecular complexity index is 2450. The first-order chi connectivity index (χ1) is 57.9. The van der Waals surface area contributed by atoms with Crippen LogP contribution in [-0.2, 0) is 133 Å². The zero-order valence-electron chi connectivity index (χ0n) is 64.9. The highest BCUT2D eigenvalue weighted by Crippen LogP contribution is 2.42. The number of hydrogen-bond donors (Lipinski definition) is 21. The van der Waals surface area contributed by atoms with Gasteiger partial charge in [-0.25, -0.2) is 41.3 Å². The van der Waals surface area contributed by atoms with E-state index in [2.05, 4.69) is 33.9 Å². The molecule has 0 aromatic rings. The first-order valence-electron chi connectivity index (χ1n) is 38.2. The van der Waals surface area contributed by atoms with Crippen molar-refractivity contribution < 1.29 is 205 Å². The van der Waals surface area contributed by atoms with Crippen LogP contribution in [-0.4, -0.2) is 425 Å². The van der Waals surface area contributed by atoms with Crippen molar-refractivity contribution in [2.75, 3.05) is 139 Å². The maximum absolute atomic E-state index is 12.7. The first-order valence-corrected chi connectivity index (χ1v) is 38.2. The molecule has 49 nitrogen and oxygen atoms in total. The monoisotopic (exact) mass is 1730 g/mol. The maximum Gasteiger partial charge on any atom is 0.187 e. The maximum atomic E-state index is 12.7. The van der Waals surface area contributed by atoms with Gasteiger partial charge in [-0.1, -0.05) is 85.1 Å². The topological polar surface area (TPSA) is 724 Å². The van der Waals surface area contributed by atoms with Gasteiger partial charge in [0.05, 0.1) is 139 Å². The number of aliphatic hydroxyl groups is 14. The molecule has 15 aliphatic heterocycles. The largest absolute Gasteiger partial charge is 0.394 e. The van der Waals surface area contributed by atoms with E-state index in [1.54, 1.807) is 0 Å². The molecule has 0 saturated carbocycles. The van der Waals surface area contributed by atoms with Gasteiger partial charge in [0, 0.05) is 0 Å². The van der Waals surface area contributed by atoms with Crippen LogP contribution in [0.5, 0.6) is 0 Å². The van der Waals surface area contributed by atoms with Crippen LogP contribution in [0.2, 0.25) is 0 Å². The zero-order valence-corrected chi connectivity index (χ0v) is 64.9. The van der Waals surface area contributed by atoms with Crippen LogP contribution in [0.1, 0.15) is 0 Å². The number of aliphatic hydroxyl groups excluding tert-OH is 14. The highest BCUT2D eigenvalue weighted by molar-refractivity contribution is 5.05. The highest BCUT2D eigenvalue weighted by Gasteiger charge is 2.61. The van der Waals surface area contributed by atoms with Crippen LogP contribution in [0.15, 0.2) is 85.1 Å². The van der Waals surface area contributed by atoms with Crippen LogP contribution < -0.4 is 41.3 Å². The summed E-state index contributed by atoms with van der Waals surface area (Å²) in [6, 6.07) is 0. The fourth-order valence-corrected chi connectivity index (χ4v) is 14.1. The zero-order chi connectivity index (χ0) is 85.8. The van der Waals surface area contributed by atoms with Crippen molar-refractivity contribution in [1.29, 1.82) is 0 Å². The Morgan fingerprint density at radius 2 is 0.286 bits per heavy atom. The first kappa shape index (κ1) is 101. The van der Waals surface area contributed by atoms with E-state index in [1.807, 2.05) is 0 Å². The molecule has 0 unspecified atom stereocenters. The Labute approximate surface area is 682 Å². The molecule has 15 rings (SSSR count). The van der Waals surface area contributed by atoms with Gasteiger partial charge in [-0.2, -0.15) is 0 Å². The molecule has 15 saturated heterocycles. The van der Waals surface area contributed by atoms with Crippen molar-refractivity contribution in [3.05, 3.63) is 85.1 Å². The summed E-state index contributed by atoms with van der Waals surface area (Å²) >= 11 is 0. The predicted molar refractivity (Wildman–Crippen MR) is 390 cm³/mol. The summed E-state index contributed by atoms with van der Waals surface area (Å²) in [5.41, 5.74) is 0.